The molecule has 11 heteroatoms. The highest BCUT2D eigenvalue weighted by Crippen LogP contribution is 2.44. The van der Waals surface area contributed by atoms with Gasteiger partial charge >= 0.3 is 12.1 Å². The van der Waals surface area contributed by atoms with Crippen LogP contribution in [0.5, 0.6) is 0 Å². The Balaban J connectivity index is 1.71. The number of hydrogen-bond acceptors (Lipinski definition) is 4. The van der Waals surface area contributed by atoms with Crippen LogP contribution in [0.15, 0.2) is 82.8 Å². The predicted octanol–water partition coefficient (Wildman–Crippen LogP) is 6.91. The Labute approximate surface area is 209 Å². The Morgan fingerprint density at radius 3 is 2.22 bits per heavy atom. The maximum absolute atomic E-state index is 14.2. The van der Waals surface area contributed by atoms with E-state index < -0.39 is 40.1 Å². The number of hydrogen-bond donors (Lipinski definition) is 0. The molecule has 0 N–H and O–H groups in total. The standard InChI is InChI=1S/C25H20ClF5N2O2S/c1-36(34,35)20-11-9-16(10-12-20)17-6-4-7-18(13-17)22-14-23(24(27,28)25(29,30)31)32-33(22)15-19-5-2-3-8-21(19)26/h2-13,22H,14-15H2,1H3. The molecule has 0 radical (unpaired) electrons. The Hall–Kier alpha value is -2.98. The van der Waals surface area contributed by atoms with Crippen LogP contribution in [0.3, 0.4) is 0 Å². The minimum atomic E-state index is -5.78. The molecule has 190 valence electrons. The van der Waals surface area contributed by atoms with Gasteiger partial charge in [0.2, 0.25) is 0 Å². The van der Waals surface area contributed by atoms with Crippen molar-refractivity contribution in [1.29, 1.82) is 0 Å². The lowest BCUT2D eigenvalue weighted by atomic mass is 9.95. The summed E-state index contributed by atoms with van der Waals surface area (Å²) in [5.41, 5.74) is 1.03. The predicted molar refractivity (Wildman–Crippen MR) is 128 cm³/mol. The van der Waals surface area contributed by atoms with E-state index >= 15 is 0 Å². The third-order valence-corrected chi connectivity index (χ3v) is 7.39. The van der Waals surface area contributed by atoms with Crippen molar-refractivity contribution in [3.05, 3.63) is 88.9 Å². The molecule has 0 bridgehead atoms. The Kier molecular flexibility index (Phi) is 6.87. The van der Waals surface area contributed by atoms with Crippen molar-refractivity contribution < 1.29 is 30.4 Å². The molecule has 0 fully saturated rings. The van der Waals surface area contributed by atoms with Crippen LogP contribution in [0, 0.1) is 0 Å². The number of benzene rings is 3. The average Bonchev–Trinajstić information content (AvgIpc) is 3.24. The van der Waals surface area contributed by atoms with Crippen LogP contribution in [0.1, 0.15) is 23.6 Å². The Bertz CT molecular complexity index is 1410. The molecule has 1 aliphatic heterocycles. The van der Waals surface area contributed by atoms with Gasteiger partial charge in [-0.1, -0.05) is 60.1 Å². The summed E-state index contributed by atoms with van der Waals surface area (Å²) in [7, 11) is -3.39. The van der Waals surface area contributed by atoms with Crippen LogP contribution in [0.4, 0.5) is 22.0 Å². The molecule has 4 nitrogen and oxygen atoms in total. The van der Waals surface area contributed by atoms with E-state index in [1.165, 1.54) is 17.1 Å². The molecule has 1 heterocycles. The first-order valence-electron chi connectivity index (χ1n) is 10.7. The van der Waals surface area contributed by atoms with Crippen molar-refractivity contribution in [3.8, 4) is 11.1 Å². The van der Waals surface area contributed by atoms with E-state index in [4.69, 9.17) is 11.6 Å². The maximum Gasteiger partial charge on any atom is 0.459 e. The van der Waals surface area contributed by atoms with E-state index in [0.29, 0.717) is 27.3 Å². The molecule has 3 aromatic carbocycles. The number of nitrogens with zero attached hydrogens (tertiary/aromatic N) is 2. The smallest absolute Gasteiger partial charge is 0.285 e. The van der Waals surface area contributed by atoms with Gasteiger partial charge in [0.05, 0.1) is 17.5 Å². The van der Waals surface area contributed by atoms with Crippen LogP contribution in [0.25, 0.3) is 11.1 Å². The second-order valence-electron chi connectivity index (χ2n) is 8.45. The molecular formula is C25H20ClF5N2O2S. The van der Waals surface area contributed by atoms with Gasteiger partial charge in [-0.3, -0.25) is 5.01 Å². The highest BCUT2D eigenvalue weighted by Gasteiger charge is 2.62. The van der Waals surface area contributed by atoms with Crippen molar-refractivity contribution >= 4 is 27.1 Å². The first-order chi connectivity index (χ1) is 16.8. The van der Waals surface area contributed by atoms with Gasteiger partial charge in [0, 0.05) is 17.7 Å². The second-order valence-corrected chi connectivity index (χ2v) is 10.9. The lowest BCUT2D eigenvalue weighted by molar-refractivity contribution is -0.249. The summed E-state index contributed by atoms with van der Waals surface area (Å²) in [6, 6.07) is 18.5. The fourth-order valence-electron chi connectivity index (χ4n) is 3.97. The largest absolute Gasteiger partial charge is 0.459 e. The van der Waals surface area contributed by atoms with E-state index in [1.807, 2.05) is 0 Å². The summed E-state index contributed by atoms with van der Waals surface area (Å²) in [5, 5.41) is 5.25. The van der Waals surface area contributed by atoms with Crippen molar-refractivity contribution in [1.82, 2.24) is 5.01 Å². The van der Waals surface area contributed by atoms with Crippen LogP contribution in [-0.2, 0) is 16.4 Å². The van der Waals surface area contributed by atoms with E-state index in [-0.39, 0.29) is 11.4 Å². The summed E-state index contributed by atoms with van der Waals surface area (Å²) < 4.78 is 91.3. The summed E-state index contributed by atoms with van der Waals surface area (Å²) in [6.07, 6.45) is -5.32. The van der Waals surface area contributed by atoms with Crippen molar-refractivity contribution in [2.75, 3.05) is 6.26 Å². The van der Waals surface area contributed by atoms with Gasteiger partial charge in [0.25, 0.3) is 0 Å². The number of halogens is 6. The van der Waals surface area contributed by atoms with Gasteiger partial charge in [-0.25, -0.2) is 8.42 Å². The van der Waals surface area contributed by atoms with E-state index in [0.717, 1.165) is 6.26 Å². The zero-order valence-corrected chi connectivity index (χ0v) is 20.4. The molecule has 0 amide bonds. The monoisotopic (exact) mass is 542 g/mol. The summed E-state index contributed by atoms with van der Waals surface area (Å²) in [6.45, 7) is -0.0743. The summed E-state index contributed by atoms with van der Waals surface area (Å²) in [5.74, 6) is -5.08. The highest BCUT2D eigenvalue weighted by molar-refractivity contribution is 7.90. The summed E-state index contributed by atoms with van der Waals surface area (Å²) in [4.78, 5) is 0.136. The fraction of sp³-hybridized carbons (Fsp3) is 0.240. The van der Waals surface area contributed by atoms with Crippen molar-refractivity contribution in [2.45, 2.75) is 36.0 Å². The molecule has 3 aromatic rings. The molecule has 1 unspecified atom stereocenters. The van der Waals surface area contributed by atoms with Gasteiger partial charge in [-0.05, 0) is 46.5 Å². The number of hydrazone groups is 1. The van der Waals surface area contributed by atoms with Gasteiger partial charge in [-0.2, -0.15) is 27.1 Å². The SMILES string of the molecule is CS(=O)(=O)c1ccc(-c2cccc(C3CC(C(F)(F)C(F)(F)F)=NN3Cc3ccccc3Cl)c2)cc1. The second kappa shape index (κ2) is 9.48. The molecule has 0 aliphatic carbocycles. The first-order valence-corrected chi connectivity index (χ1v) is 13.0. The van der Waals surface area contributed by atoms with E-state index in [9.17, 15) is 30.4 Å². The van der Waals surface area contributed by atoms with Crippen LogP contribution < -0.4 is 0 Å². The van der Waals surface area contributed by atoms with Gasteiger partial charge in [0.15, 0.2) is 9.84 Å². The highest BCUT2D eigenvalue weighted by atomic mass is 35.5. The molecule has 4 rings (SSSR count). The molecule has 0 saturated carbocycles. The quantitative estimate of drug-likeness (QED) is 0.318. The number of alkyl halides is 5. The average molecular weight is 543 g/mol. The van der Waals surface area contributed by atoms with E-state index in [1.54, 1.807) is 60.7 Å². The van der Waals surface area contributed by atoms with Crippen molar-refractivity contribution in [3.63, 3.8) is 0 Å². The lowest BCUT2D eigenvalue weighted by Gasteiger charge is -2.25. The van der Waals surface area contributed by atoms with Gasteiger partial charge in [0.1, 0.15) is 5.71 Å². The first kappa shape index (κ1) is 26.1. The minimum absolute atomic E-state index is 0.0743. The maximum atomic E-state index is 14.2. The normalized spacial score (nSPS) is 16.8. The Morgan fingerprint density at radius 2 is 1.61 bits per heavy atom. The van der Waals surface area contributed by atoms with Crippen LogP contribution >= 0.6 is 11.6 Å². The molecule has 0 spiro atoms. The number of rotatable bonds is 6. The van der Waals surface area contributed by atoms with E-state index in [2.05, 4.69) is 5.10 Å². The van der Waals surface area contributed by atoms with Gasteiger partial charge in [-0.15, -0.1) is 0 Å². The molecule has 1 aliphatic rings. The molecular weight excluding hydrogens is 523 g/mol. The third kappa shape index (κ3) is 5.24. The number of sulfone groups is 1. The lowest BCUT2D eigenvalue weighted by Crippen LogP contribution is -2.43. The van der Waals surface area contributed by atoms with Crippen LogP contribution in [0.2, 0.25) is 5.02 Å². The molecule has 36 heavy (non-hydrogen) atoms. The Morgan fingerprint density at radius 1 is 0.944 bits per heavy atom. The van der Waals surface area contributed by atoms with Gasteiger partial charge < -0.3 is 0 Å². The zero-order valence-electron chi connectivity index (χ0n) is 18.8. The fourth-order valence-corrected chi connectivity index (χ4v) is 4.79. The van der Waals surface area contributed by atoms with Crippen LogP contribution in [-0.4, -0.2) is 37.5 Å². The van der Waals surface area contributed by atoms with Crippen molar-refractivity contribution in [2.24, 2.45) is 5.10 Å². The minimum Gasteiger partial charge on any atom is -0.285 e. The molecule has 1 atom stereocenters. The molecule has 0 aromatic heterocycles. The third-order valence-electron chi connectivity index (χ3n) is 5.89. The topological polar surface area (TPSA) is 49.7 Å². The zero-order chi connectivity index (χ0) is 26.3. The summed E-state index contributed by atoms with van der Waals surface area (Å²) >= 11 is 6.20. The molecule has 0 saturated heterocycles.